The van der Waals surface area contributed by atoms with Gasteiger partial charge >= 0.3 is 0 Å². The summed E-state index contributed by atoms with van der Waals surface area (Å²) in [5, 5.41) is 16.1. The number of aliphatic imine (C=N–C) groups is 1. The minimum atomic E-state index is -0.606. The number of nitro benzene ring substituents is 1. The van der Waals surface area contributed by atoms with Gasteiger partial charge < -0.3 is 10.6 Å². The summed E-state index contributed by atoms with van der Waals surface area (Å²) in [4.78, 5) is 39.1. The molecule has 0 aromatic heterocycles. The zero-order chi connectivity index (χ0) is 18.8. The molecule has 1 aromatic rings. The minimum Gasteiger partial charge on any atom is -0.320 e. The molecule has 0 saturated carbocycles. The fraction of sp³-hybridized carbons (Fsp3) is 0.438. The number of benzene rings is 1. The molecule has 1 aliphatic heterocycles. The van der Waals surface area contributed by atoms with Crippen molar-refractivity contribution in [2.45, 2.75) is 44.9 Å². The molecule has 1 atom stereocenters. The second-order valence-corrected chi connectivity index (χ2v) is 7.90. The Balaban J connectivity index is 2.05. The average Bonchev–Trinajstić information content (AvgIpc) is 2.78. The number of nitrogens with one attached hydrogen (secondary N) is 2. The van der Waals surface area contributed by atoms with Gasteiger partial charge in [0.2, 0.25) is 11.8 Å². The van der Waals surface area contributed by atoms with Crippen LogP contribution in [-0.2, 0) is 9.59 Å². The minimum absolute atomic E-state index is 0.0926. The van der Waals surface area contributed by atoms with Crippen molar-refractivity contribution in [2.75, 3.05) is 5.32 Å². The molecule has 1 heterocycles. The number of thioether (sulfide) groups is 1. The summed E-state index contributed by atoms with van der Waals surface area (Å²) in [6.07, 6.45) is -0.0926. The molecule has 0 bridgehead atoms. The lowest BCUT2D eigenvalue weighted by molar-refractivity contribution is -0.384. The van der Waals surface area contributed by atoms with Crippen LogP contribution in [0.5, 0.6) is 0 Å². The lowest BCUT2D eigenvalue weighted by Crippen LogP contribution is -2.29. The van der Waals surface area contributed by atoms with E-state index in [1.165, 1.54) is 23.9 Å². The van der Waals surface area contributed by atoms with E-state index in [0.29, 0.717) is 5.17 Å². The van der Waals surface area contributed by atoms with Crippen molar-refractivity contribution in [3.63, 3.8) is 0 Å². The summed E-state index contributed by atoms with van der Waals surface area (Å²) in [5.74, 6) is -0.752. The topological polar surface area (TPSA) is 114 Å². The van der Waals surface area contributed by atoms with Gasteiger partial charge in [0.05, 0.1) is 10.5 Å². The number of carbonyl (C=O) groups is 2. The van der Waals surface area contributed by atoms with E-state index in [-0.39, 0.29) is 29.2 Å². The van der Waals surface area contributed by atoms with E-state index < -0.39 is 16.1 Å². The summed E-state index contributed by atoms with van der Waals surface area (Å²) in [5.41, 5.74) is 0.327. The number of anilines is 1. The molecule has 1 aliphatic rings. The lowest BCUT2D eigenvalue weighted by Gasteiger charge is -2.12. The average molecular weight is 364 g/mol. The first-order valence-electron chi connectivity index (χ1n) is 7.67. The number of nitrogens with zero attached hydrogens (tertiary/aromatic N) is 2. The maximum Gasteiger partial charge on any atom is 0.293 e. The molecule has 0 aliphatic carbocycles. The predicted molar refractivity (Wildman–Crippen MR) is 97.8 cm³/mol. The zero-order valence-corrected chi connectivity index (χ0v) is 15.3. The van der Waals surface area contributed by atoms with Gasteiger partial charge in [0.1, 0.15) is 10.9 Å². The van der Waals surface area contributed by atoms with Gasteiger partial charge in [-0.05, 0) is 39.3 Å². The first kappa shape index (κ1) is 18.9. The second-order valence-electron chi connectivity index (χ2n) is 6.71. The van der Waals surface area contributed by atoms with Crippen LogP contribution in [-0.4, -0.2) is 32.7 Å². The Morgan fingerprint density at radius 3 is 2.72 bits per heavy atom. The SMILES string of the molecule is Cc1ccc(NC(=O)C[C@H]2SC(=NC(C)(C)C)NC2=O)c([N+](=O)[O-])c1. The normalized spacial score (nSPS) is 19.0. The molecule has 8 nitrogen and oxygen atoms in total. The summed E-state index contributed by atoms with van der Waals surface area (Å²) in [6, 6.07) is 4.55. The van der Waals surface area contributed by atoms with Crippen LogP contribution < -0.4 is 10.6 Å². The molecule has 1 aromatic carbocycles. The Bertz CT molecular complexity index is 755. The highest BCUT2D eigenvalue weighted by Crippen LogP contribution is 2.28. The molecule has 2 rings (SSSR count). The van der Waals surface area contributed by atoms with Gasteiger partial charge in [-0.3, -0.25) is 24.7 Å². The number of aryl methyl sites for hydroxylation is 1. The maximum absolute atomic E-state index is 12.2. The number of amidine groups is 1. The third-order valence-corrected chi connectivity index (χ3v) is 4.29. The fourth-order valence-corrected chi connectivity index (χ4v) is 3.32. The van der Waals surface area contributed by atoms with Crippen LogP contribution in [0, 0.1) is 17.0 Å². The van der Waals surface area contributed by atoms with Crippen molar-refractivity contribution in [3.8, 4) is 0 Å². The summed E-state index contributed by atoms with van der Waals surface area (Å²) >= 11 is 1.19. The molecule has 0 spiro atoms. The van der Waals surface area contributed by atoms with Crippen molar-refractivity contribution < 1.29 is 14.5 Å². The van der Waals surface area contributed by atoms with E-state index in [0.717, 1.165) is 5.56 Å². The summed E-state index contributed by atoms with van der Waals surface area (Å²) in [7, 11) is 0. The number of rotatable bonds is 4. The van der Waals surface area contributed by atoms with Crippen molar-refractivity contribution in [1.29, 1.82) is 0 Å². The Hall–Kier alpha value is -2.42. The van der Waals surface area contributed by atoms with Gasteiger partial charge in [0.25, 0.3) is 5.69 Å². The molecule has 0 unspecified atom stereocenters. The van der Waals surface area contributed by atoms with E-state index in [9.17, 15) is 19.7 Å². The van der Waals surface area contributed by atoms with E-state index >= 15 is 0 Å². The predicted octanol–water partition coefficient (Wildman–Crippen LogP) is 2.62. The van der Waals surface area contributed by atoms with Gasteiger partial charge in [-0.1, -0.05) is 17.8 Å². The molecular formula is C16H20N4O4S. The monoisotopic (exact) mass is 364 g/mol. The first-order valence-corrected chi connectivity index (χ1v) is 8.55. The number of hydrogen-bond donors (Lipinski definition) is 2. The Kier molecular flexibility index (Phi) is 5.46. The molecule has 2 amide bonds. The van der Waals surface area contributed by atoms with Crippen molar-refractivity contribution >= 4 is 40.1 Å². The zero-order valence-electron chi connectivity index (χ0n) is 14.5. The van der Waals surface area contributed by atoms with Crippen molar-refractivity contribution in [3.05, 3.63) is 33.9 Å². The molecule has 0 radical (unpaired) electrons. The largest absolute Gasteiger partial charge is 0.320 e. The van der Waals surface area contributed by atoms with E-state index in [4.69, 9.17) is 0 Å². The van der Waals surface area contributed by atoms with Gasteiger partial charge in [-0.2, -0.15) is 0 Å². The van der Waals surface area contributed by atoms with E-state index in [1.807, 2.05) is 20.8 Å². The molecule has 1 saturated heterocycles. The third kappa shape index (κ3) is 5.28. The number of carbonyl (C=O) groups excluding carboxylic acids is 2. The van der Waals surface area contributed by atoms with Crippen LogP contribution in [0.2, 0.25) is 0 Å². The number of amides is 2. The van der Waals surface area contributed by atoms with Crippen LogP contribution in [0.4, 0.5) is 11.4 Å². The molecule has 25 heavy (non-hydrogen) atoms. The summed E-state index contributed by atoms with van der Waals surface area (Å²) in [6.45, 7) is 7.45. The highest BCUT2D eigenvalue weighted by molar-refractivity contribution is 8.15. The van der Waals surface area contributed by atoms with Crippen LogP contribution in [0.25, 0.3) is 0 Å². The van der Waals surface area contributed by atoms with Crippen LogP contribution in [0.15, 0.2) is 23.2 Å². The van der Waals surface area contributed by atoms with Crippen molar-refractivity contribution in [1.82, 2.24) is 5.32 Å². The molecular weight excluding hydrogens is 344 g/mol. The third-order valence-electron chi connectivity index (χ3n) is 3.21. The van der Waals surface area contributed by atoms with Crippen LogP contribution >= 0.6 is 11.8 Å². The molecule has 2 N–H and O–H groups in total. The molecule has 134 valence electrons. The lowest BCUT2D eigenvalue weighted by atomic mass is 10.1. The Labute approximate surface area is 149 Å². The quantitative estimate of drug-likeness (QED) is 0.630. The highest BCUT2D eigenvalue weighted by Gasteiger charge is 2.33. The number of nitro groups is 1. The second kappa shape index (κ2) is 7.22. The highest BCUT2D eigenvalue weighted by atomic mass is 32.2. The van der Waals surface area contributed by atoms with Gasteiger partial charge in [-0.15, -0.1) is 0 Å². The van der Waals surface area contributed by atoms with Crippen molar-refractivity contribution in [2.24, 2.45) is 4.99 Å². The Morgan fingerprint density at radius 2 is 2.12 bits per heavy atom. The summed E-state index contributed by atoms with van der Waals surface area (Å²) < 4.78 is 0. The standard InChI is InChI=1S/C16H20N4O4S/c1-9-5-6-10(11(7-9)20(23)24)17-13(21)8-12-14(22)18-15(25-12)19-16(2,3)4/h5-7,12H,8H2,1-4H3,(H,17,21)(H,18,19,22)/t12-/m1/s1. The molecule has 9 heteroatoms. The Morgan fingerprint density at radius 1 is 1.44 bits per heavy atom. The van der Waals surface area contributed by atoms with E-state index in [2.05, 4.69) is 15.6 Å². The van der Waals surface area contributed by atoms with Crippen LogP contribution in [0.1, 0.15) is 32.8 Å². The smallest absolute Gasteiger partial charge is 0.293 e. The van der Waals surface area contributed by atoms with Gasteiger partial charge in [0, 0.05) is 12.5 Å². The van der Waals surface area contributed by atoms with E-state index in [1.54, 1.807) is 13.0 Å². The maximum atomic E-state index is 12.2. The van der Waals surface area contributed by atoms with Gasteiger partial charge in [0.15, 0.2) is 5.17 Å². The molecule has 1 fully saturated rings. The first-order chi connectivity index (χ1) is 11.5. The fourth-order valence-electron chi connectivity index (χ4n) is 2.16. The van der Waals surface area contributed by atoms with Crippen LogP contribution in [0.3, 0.4) is 0 Å². The van der Waals surface area contributed by atoms with Gasteiger partial charge in [-0.25, -0.2) is 0 Å². The number of hydrogen-bond acceptors (Lipinski definition) is 6.